The zero-order chi connectivity index (χ0) is 10.6. The van der Waals surface area contributed by atoms with Crippen molar-refractivity contribution < 1.29 is 13.2 Å². The molecule has 0 aromatic heterocycles. The number of ether oxygens (including phenoxy) is 1. The molecule has 1 fully saturated rings. The summed E-state index contributed by atoms with van der Waals surface area (Å²) in [6.07, 6.45) is 1.52. The van der Waals surface area contributed by atoms with E-state index in [2.05, 4.69) is 5.43 Å². The number of sulfone groups is 1. The van der Waals surface area contributed by atoms with Gasteiger partial charge in [0.15, 0.2) is 9.84 Å². The molecule has 0 spiro atoms. The minimum Gasteiger partial charge on any atom is -0.383 e. The molecular formula is C8H18N2O3S. The predicted octanol–water partition coefficient (Wildman–Crippen LogP) is -0.710. The van der Waals surface area contributed by atoms with Crippen molar-refractivity contribution in [2.24, 2.45) is 11.8 Å². The molecule has 0 bridgehead atoms. The summed E-state index contributed by atoms with van der Waals surface area (Å²) in [6, 6.07) is 0.0540. The Morgan fingerprint density at radius 3 is 2.79 bits per heavy atom. The molecule has 1 aliphatic rings. The van der Waals surface area contributed by atoms with Crippen LogP contribution in [-0.2, 0) is 14.6 Å². The Hall–Kier alpha value is -0.170. The van der Waals surface area contributed by atoms with Crippen molar-refractivity contribution in [3.05, 3.63) is 0 Å². The molecule has 1 rings (SSSR count). The highest BCUT2D eigenvalue weighted by Gasteiger charge is 2.29. The van der Waals surface area contributed by atoms with Gasteiger partial charge in [0.2, 0.25) is 0 Å². The van der Waals surface area contributed by atoms with E-state index in [-0.39, 0.29) is 12.0 Å². The SMILES string of the molecule is COCC(CC1CCS(=O)(=O)C1)NN. The van der Waals surface area contributed by atoms with Crippen molar-refractivity contribution in [2.45, 2.75) is 18.9 Å². The highest BCUT2D eigenvalue weighted by atomic mass is 32.2. The van der Waals surface area contributed by atoms with E-state index in [0.717, 1.165) is 12.8 Å². The van der Waals surface area contributed by atoms with E-state index in [1.54, 1.807) is 7.11 Å². The van der Waals surface area contributed by atoms with Crippen LogP contribution < -0.4 is 11.3 Å². The van der Waals surface area contributed by atoms with E-state index in [1.807, 2.05) is 0 Å². The topological polar surface area (TPSA) is 81.4 Å². The number of methoxy groups -OCH3 is 1. The Morgan fingerprint density at radius 1 is 1.64 bits per heavy atom. The minimum absolute atomic E-state index is 0.0540. The Labute approximate surface area is 84.9 Å². The molecule has 0 aliphatic carbocycles. The maximum absolute atomic E-state index is 11.2. The molecule has 3 N–H and O–H groups in total. The van der Waals surface area contributed by atoms with Crippen LogP contribution in [0.1, 0.15) is 12.8 Å². The van der Waals surface area contributed by atoms with E-state index in [4.69, 9.17) is 10.6 Å². The fraction of sp³-hybridized carbons (Fsp3) is 1.00. The second-order valence-corrected chi connectivity index (χ2v) is 6.05. The van der Waals surface area contributed by atoms with Crippen molar-refractivity contribution >= 4 is 9.84 Å². The largest absolute Gasteiger partial charge is 0.383 e. The summed E-state index contributed by atoms with van der Waals surface area (Å²) in [4.78, 5) is 0. The second kappa shape index (κ2) is 5.06. The molecule has 5 nitrogen and oxygen atoms in total. The lowest BCUT2D eigenvalue weighted by molar-refractivity contribution is 0.156. The third-order valence-corrected chi connectivity index (χ3v) is 4.39. The van der Waals surface area contributed by atoms with E-state index in [1.165, 1.54) is 0 Å². The van der Waals surface area contributed by atoms with E-state index < -0.39 is 9.84 Å². The van der Waals surface area contributed by atoms with Crippen LogP contribution in [0.5, 0.6) is 0 Å². The molecule has 1 aliphatic heterocycles. The summed E-state index contributed by atoms with van der Waals surface area (Å²) >= 11 is 0. The molecule has 0 aromatic carbocycles. The number of nitrogens with two attached hydrogens (primary N) is 1. The molecule has 1 heterocycles. The second-order valence-electron chi connectivity index (χ2n) is 3.82. The summed E-state index contributed by atoms with van der Waals surface area (Å²) in [6.45, 7) is 0.521. The van der Waals surface area contributed by atoms with E-state index in [0.29, 0.717) is 18.1 Å². The summed E-state index contributed by atoms with van der Waals surface area (Å²) < 4.78 is 27.3. The minimum atomic E-state index is -2.77. The molecular weight excluding hydrogens is 204 g/mol. The maximum atomic E-state index is 11.2. The molecule has 14 heavy (non-hydrogen) atoms. The summed E-state index contributed by atoms with van der Waals surface area (Å²) in [5.74, 6) is 6.18. The number of rotatable bonds is 5. The third-order valence-electron chi connectivity index (χ3n) is 2.55. The normalized spacial score (nSPS) is 27.7. The fourth-order valence-corrected chi connectivity index (χ4v) is 3.73. The maximum Gasteiger partial charge on any atom is 0.150 e. The molecule has 6 heteroatoms. The summed E-state index contributed by atoms with van der Waals surface area (Å²) in [5, 5.41) is 0. The first-order chi connectivity index (χ1) is 6.57. The molecule has 0 aromatic rings. The standard InChI is InChI=1S/C8H18N2O3S/c1-13-5-8(10-9)4-7-2-3-14(11,12)6-7/h7-8,10H,2-6,9H2,1H3. The Kier molecular flexibility index (Phi) is 4.31. The molecule has 0 amide bonds. The average molecular weight is 222 g/mol. The smallest absolute Gasteiger partial charge is 0.150 e. The average Bonchev–Trinajstić information content (AvgIpc) is 2.45. The zero-order valence-electron chi connectivity index (χ0n) is 8.40. The molecule has 1 saturated heterocycles. The highest BCUT2D eigenvalue weighted by molar-refractivity contribution is 7.91. The van der Waals surface area contributed by atoms with Crippen LogP contribution in [-0.4, -0.2) is 39.7 Å². The Morgan fingerprint density at radius 2 is 2.36 bits per heavy atom. The van der Waals surface area contributed by atoms with E-state index >= 15 is 0 Å². The van der Waals surface area contributed by atoms with Gasteiger partial charge in [-0.15, -0.1) is 0 Å². The van der Waals surface area contributed by atoms with Gasteiger partial charge in [-0.3, -0.25) is 11.3 Å². The van der Waals surface area contributed by atoms with Crippen molar-refractivity contribution in [3.63, 3.8) is 0 Å². The van der Waals surface area contributed by atoms with Crippen molar-refractivity contribution in [1.29, 1.82) is 0 Å². The Bertz CT molecular complexity index is 266. The Balaban J connectivity index is 2.37. The lowest BCUT2D eigenvalue weighted by atomic mass is 10.0. The first-order valence-corrected chi connectivity index (χ1v) is 6.55. The zero-order valence-corrected chi connectivity index (χ0v) is 9.22. The summed E-state index contributed by atoms with van der Waals surface area (Å²) in [5.41, 5.74) is 2.64. The summed E-state index contributed by atoms with van der Waals surface area (Å²) in [7, 11) is -1.17. The monoisotopic (exact) mass is 222 g/mol. The molecule has 2 atom stereocenters. The van der Waals surface area contributed by atoms with Gasteiger partial charge < -0.3 is 4.74 Å². The molecule has 84 valence electrons. The van der Waals surface area contributed by atoms with Gasteiger partial charge in [0.25, 0.3) is 0 Å². The highest BCUT2D eigenvalue weighted by Crippen LogP contribution is 2.22. The van der Waals surface area contributed by atoms with Crippen LogP contribution >= 0.6 is 0 Å². The van der Waals surface area contributed by atoms with Crippen LogP contribution in [0.3, 0.4) is 0 Å². The van der Waals surface area contributed by atoms with Crippen LogP contribution in [0.15, 0.2) is 0 Å². The van der Waals surface area contributed by atoms with Gasteiger partial charge >= 0.3 is 0 Å². The number of hydrogen-bond acceptors (Lipinski definition) is 5. The van der Waals surface area contributed by atoms with Crippen molar-refractivity contribution in [1.82, 2.24) is 5.43 Å². The lowest BCUT2D eigenvalue weighted by Gasteiger charge is -2.17. The fourth-order valence-electron chi connectivity index (χ4n) is 1.85. The van der Waals surface area contributed by atoms with E-state index in [9.17, 15) is 8.42 Å². The van der Waals surface area contributed by atoms with Gasteiger partial charge in [-0.25, -0.2) is 8.42 Å². The van der Waals surface area contributed by atoms with Crippen molar-refractivity contribution in [2.75, 3.05) is 25.2 Å². The van der Waals surface area contributed by atoms with Crippen LogP contribution in [0.4, 0.5) is 0 Å². The molecule has 0 saturated carbocycles. The van der Waals surface area contributed by atoms with Gasteiger partial charge in [0, 0.05) is 13.2 Å². The number of hydrogen-bond donors (Lipinski definition) is 2. The quantitative estimate of drug-likeness (QED) is 0.474. The van der Waals surface area contributed by atoms with Crippen LogP contribution in [0, 0.1) is 5.92 Å². The van der Waals surface area contributed by atoms with Crippen molar-refractivity contribution in [3.8, 4) is 0 Å². The van der Waals surface area contributed by atoms with Gasteiger partial charge in [-0.2, -0.15) is 0 Å². The number of hydrazine groups is 1. The van der Waals surface area contributed by atoms with Crippen LogP contribution in [0.25, 0.3) is 0 Å². The molecule has 2 unspecified atom stereocenters. The van der Waals surface area contributed by atoms with Gasteiger partial charge in [0.05, 0.1) is 18.1 Å². The third kappa shape index (κ3) is 3.53. The first kappa shape index (κ1) is 11.9. The lowest BCUT2D eigenvalue weighted by Crippen LogP contribution is -2.40. The predicted molar refractivity (Wildman–Crippen MR) is 54.4 cm³/mol. The van der Waals surface area contributed by atoms with Gasteiger partial charge in [-0.1, -0.05) is 0 Å². The van der Waals surface area contributed by atoms with Crippen LogP contribution in [0.2, 0.25) is 0 Å². The first-order valence-electron chi connectivity index (χ1n) is 4.73. The number of nitrogens with one attached hydrogen (secondary N) is 1. The van der Waals surface area contributed by atoms with Gasteiger partial charge in [-0.05, 0) is 18.8 Å². The van der Waals surface area contributed by atoms with Gasteiger partial charge in [0.1, 0.15) is 0 Å². The molecule has 0 radical (unpaired) electrons.